The third kappa shape index (κ3) is 7.65. The second-order valence-electron chi connectivity index (χ2n) is 9.25. The molecule has 1 aliphatic rings. The molecule has 0 aliphatic carbocycles. The molecule has 3 N–H and O–H groups in total. The number of fused-ring (bicyclic) bond motifs is 1. The van der Waals surface area contributed by atoms with Crippen LogP contribution < -0.4 is 20.5 Å². The first-order chi connectivity index (χ1) is 17.7. The zero-order valence-corrected chi connectivity index (χ0v) is 24.6. The van der Waals surface area contributed by atoms with Crippen molar-refractivity contribution < 1.29 is 9.47 Å². The number of aromatic nitrogens is 2. The Hall–Kier alpha value is -2.81. The maximum absolute atomic E-state index is 5.72. The van der Waals surface area contributed by atoms with Crippen LogP contribution >= 0.6 is 37.2 Å². The molecule has 0 spiro atoms. The van der Waals surface area contributed by atoms with Gasteiger partial charge >= 0.3 is 0 Å². The topological polar surface area (TPSA) is 85.5 Å². The molecular formula is C29H36Cl3N5O2. The van der Waals surface area contributed by atoms with Crippen LogP contribution in [0, 0.1) is 0 Å². The van der Waals surface area contributed by atoms with Crippen LogP contribution in [0.15, 0.2) is 66.7 Å². The molecule has 1 aromatic heterocycles. The van der Waals surface area contributed by atoms with Gasteiger partial charge in [-0.1, -0.05) is 24.3 Å². The number of rotatable bonds is 8. The van der Waals surface area contributed by atoms with Crippen molar-refractivity contribution in [3.05, 3.63) is 77.9 Å². The van der Waals surface area contributed by atoms with E-state index in [1.807, 2.05) is 36.4 Å². The van der Waals surface area contributed by atoms with Crippen molar-refractivity contribution in [2.24, 2.45) is 5.73 Å². The first-order valence-corrected chi connectivity index (χ1v) is 12.4. The van der Waals surface area contributed by atoms with E-state index in [1.165, 1.54) is 11.1 Å². The monoisotopic (exact) mass is 591 g/mol. The molecule has 1 fully saturated rings. The highest BCUT2D eigenvalue weighted by Gasteiger charge is 2.21. The van der Waals surface area contributed by atoms with Crippen molar-refractivity contribution in [3.63, 3.8) is 0 Å². The lowest BCUT2D eigenvalue weighted by Crippen LogP contribution is -2.38. The van der Waals surface area contributed by atoms with Crippen LogP contribution in [0.2, 0.25) is 0 Å². The van der Waals surface area contributed by atoms with Gasteiger partial charge < -0.3 is 20.5 Å². The quantitative estimate of drug-likeness (QED) is 0.255. The average Bonchev–Trinajstić information content (AvgIpc) is 2.94. The number of halogens is 3. The predicted molar refractivity (Wildman–Crippen MR) is 166 cm³/mol. The van der Waals surface area contributed by atoms with Gasteiger partial charge in [0.25, 0.3) is 0 Å². The summed E-state index contributed by atoms with van der Waals surface area (Å²) in [6, 6.07) is 22.9. The summed E-state index contributed by atoms with van der Waals surface area (Å²) in [6.07, 6.45) is 2.10. The molecule has 5 rings (SSSR count). The molecule has 2 heterocycles. The predicted octanol–water partition coefficient (Wildman–Crippen LogP) is 6.11. The average molecular weight is 593 g/mol. The van der Waals surface area contributed by atoms with E-state index in [2.05, 4.69) is 50.7 Å². The zero-order chi connectivity index (χ0) is 24.9. The number of ether oxygens (including phenoxy) is 2. The maximum atomic E-state index is 5.72. The fourth-order valence-corrected chi connectivity index (χ4v) is 4.80. The number of nitrogens with two attached hydrogens (primary N) is 1. The SMILES string of the molecule is COc1ccc(-c2nnc(NC3CCN(Cc4ccc(CN)cc4)CC3)c3cc(OC)ccc23)cc1.Cl.Cl.Cl. The molecule has 0 radical (unpaired) electrons. The molecule has 1 saturated heterocycles. The van der Waals surface area contributed by atoms with Crippen LogP contribution in [0.5, 0.6) is 11.5 Å². The van der Waals surface area contributed by atoms with Crippen molar-refractivity contribution in [2.75, 3.05) is 32.6 Å². The van der Waals surface area contributed by atoms with Crippen molar-refractivity contribution in [2.45, 2.75) is 32.0 Å². The number of piperidine rings is 1. The van der Waals surface area contributed by atoms with E-state index < -0.39 is 0 Å². The van der Waals surface area contributed by atoms with Crippen LogP contribution in [0.3, 0.4) is 0 Å². The Labute approximate surface area is 248 Å². The molecule has 0 amide bonds. The normalized spacial score (nSPS) is 13.5. The smallest absolute Gasteiger partial charge is 0.156 e. The van der Waals surface area contributed by atoms with Crippen LogP contribution in [-0.2, 0) is 13.1 Å². The van der Waals surface area contributed by atoms with E-state index in [4.69, 9.17) is 15.2 Å². The van der Waals surface area contributed by atoms with Gasteiger partial charge in [0.1, 0.15) is 17.2 Å². The van der Waals surface area contributed by atoms with Crippen molar-refractivity contribution in [1.29, 1.82) is 0 Å². The second-order valence-corrected chi connectivity index (χ2v) is 9.25. The number of nitrogens with zero attached hydrogens (tertiary/aromatic N) is 3. The Balaban J connectivity index is 0.00000178. The summed E-state index contributed by atoms with van der Waals surface area (Å²) in [4.78, 5) is 2.51. The van der Waals surface area contributed by atoms with Crippen LogP contribution in [-0.4, -0.2) is 48.4 Å². The summed E-state index contributed by atoms with van der Waals surface area (Å²) < 4.78 is 10.8. The number of likely N-dealkylation sites (tertiary alicyclic amines) is 1. The van der Waals surface area contributed by atoms with Gasteiger partial charge in [-0.3, -0.25) is 4.90 Å². The summed E-state index contributed by atoms with van der Waals surface area (Å²) in [6.45, 7) is 3.62. The number of methoxy groups -OCH3 is 2. The van der Waals surface area contributed by atoms with Gasteiger partial charge in [-0.25, -0.2) is 0 Å². The zero-order valence-electron chi connectivity index (χ0n) is 22.1. The summed E-state index contributed by atoms with van der Waals surface area (Å²) in [5, 5.41) is 15.0. The lowest BCUT2D eigenvalue weighted by Gasteiger charge is -2.32. The molecule has 7 nitrogen and oxygen atoms in total. The van der Waals surface area contributed by atoms with Gasteiger partial charge in [-0.15, -0.1) is 47.4 Å². The minimum absolute atomic E-state index is 0. The Bertz CT molecular complexity index is 1320. The third-order valence-electron chi connectivity index (χ3n) is 6.94. The number of hydrogen-bond donors (Lipinski definition) is 2. The molecule has 0 unspecified atom stereocenters. The van der Waals surface area contributed by atoms with Crippen molar-refractivity contribution >= 4 is 53.8 Å². The molecule has 3 aromatic carbocycles. The minimum atomic E-state index is 0. The lowest BCUT2D eigenvalue weighted by atomic mass is 10.0. The van der Waals surface area contributed by atoms with Crippen molar-refractivity contribution in [3.8, 4) is 22.8 Å². The number of benzene rings is 3. The van der Waals surface area contributed by atoms with E-state index in [9.17, 15) is 0 Å². The van der Waals surface area contributed by atoms with Gasteiger partial charge in [0, 0.05) is 48.6 Å². The van der Waals surface area contributed by atoms with Gasteiger partial charge in [0.15, 0.2) is 5.82 Å². The number of hydrogen-bond acceptors (Lipinski definition) is 7. The van der Waals surface area contributed by atoms with Crippen LogP contribution in [0.4, 0.5) is 5.82 Å². The fourth-order valence-electron chi connectivity index (χ4n) is 4.80. The summed E-state index contributed by atoms with van der Waals surface area (Å²) in [7, 11) is 3.35. The summed E-state index contributed by atoms with van der Waals surface area (Å²) in [5.74, 6) is 2.42. The molecule has 0 saturated carbocycles. The van der Waals surface area contributed by atoms with E-state index in [0.29, 0.717) is 12.6 Å². The first kappa shape index (κ1) is 32.4. The van der Waals surface area contributed by atoms with E-state index in [1.54, 1.807) is 14.2 Å². The lowest BCUT2D eigenvalue weighted by molar-refractivity contribution is 0.211. The highest BCUT2D eigenvalue weighted by Crippen LogP contribution is 2.34. The van der Waals surface area contributed by atoms with Gasteiger partial charge in [0.05, 0.1) is 14.2 Å². The molecule has 4 aromatic rings. The standard InChI is InChI=1S/C29H33N5O2.3ClH/c1-35-24-9-7-22(8-10-24)28-26-12-11-25(36-2)17-27(26)29(33-32-28)31-23-13-15-34(16-14-23)19-21-5-3-20(18-30)4-6-21;;;/h3-12,17,23H,13-16,18-19,30H2,1-2H3,(H,31,33);3*1H. The highest BCUT2D eigenvalue weighted by atomic mass is 35.5. The Morgan fingerprint density at radius 1 is 0.795 bits per heavy atom. The summed E-state index contributed by atoms with van der Waals surface area (Å²) >= 11 is 0. The van der Waals surface area contributed by atoms with Gasteiger partial charge in [0.2, 0.25) is 0 Å². The second kappa shape index (κ2) is 15.1. The van der Waals surface area contributed by atoms with E-state index in [-0.39, 0.29) is 37.2 Å². The maximum Gasteiger partial charge on any atom is 0.156 e. The largest absolute Gasteiger partial charge is 0.497 e. The Morgan fingerprint density at radius 2 is 1.41 bits per heavy atom. The fraction of sp³-hybridized carbons (Fsp3) is 0.310. The number of anilines is 1. The minimum Gasteiger partial charge on any atom is -0.497 e. The third-order valence-corrected chi connectivity index (χ3v) is 6.94. The molecule has 0 atom stereocenters. The van der Waals surface area contributed by atoms with Crippen LogP contribution in [0.1, 0.15) is 24.0 Å². The van der Waals surface area contributed by atoms with Gasteiger partial charge in [-0.2, -0.15) is 0 Å². The molecule has 1 aliphatic heterocycles. The molecule has 210 valence electrons. The molecular weight excluding hydrogens is 557 g/mol. The Morgan fingerprint density at radius 3 is 2.03 bits per heavy atom. The molecule has 10 heteroatoms. The molecule has 39 heavy (non-hydrogen) atoms. The first-order valence-electron chi connectivity index (χ1n) is 12.4. The Kier molecular flexibility index (Phi) is 12.5. The van der Waals surface area contributed by atoms with Crippen LogP contribution in [0.25, 0.3) is 22.0 Å². The molecule has 0 bridgehead atoms. The van der Waals surface area contributed by atoms with Gasteiger partial charge in [-0.05, 0) is 66.4 Å². The van der Waals surface area contributed by atoms with E-state index in [0.717, 1.165) is 71.8 Å². The van der Waals surface area contributed by atoms with E-state index >= 15 is 0 Å². The highest BCUT2D eigenvalue weighted by molar-refractivity contribution is 6.00. The van der Waals surface area contributed by atoms with Crippen molar-refractivity contribution in [1.82, 2.24) is 15.1 Å². The summed E-state index contributed by atoms with van der Waals surface area (Å²) in [5.41, 5.74) is 10.1. The number of nitrogens with one attached hydrogen (secondary N) is 1.